The molecule has 33 heavy (non-hydrogen) atoms. The lowest BCUT2D eigenvalue weighted by molar-refractivity contribution is 0.626. The normalized spacial score (nSPS) is 11.5. The van der Waals surface area contributed by atoms with E-state index in [0.29, 0.717) is 22.3 Å². The Balaban J connectivity index is 1.94. The number of aromatic nitrogens is 3. The van der Waals surface area contributed by atoms with Crippen LogP contribution in [0, 0.1) is 19.7 Å². The molecule has 0 aliphatic heterocycles. The Labute approximate surface area is 193 Å². The summed E-state index contributed by atoms with van der Waals surface area (Å²) in [5.41, 5.74) is 4.01. The summed E-state index contributed by atoms with van der Waals surface area (Å²) in [6.07, 6.45) is 0. The summed E-state index contributed by atoms with van der Waals surface area (Å²) < 4.78 is 18.2. The lowest BCUT2D eigenvalue weighted by atomic mass is 10.1. The molecule has 0 aliphatic carbocycles. The van der Waals surface area contributed by atoms with E-state index in [1.807, 2.05) is 55.8 Å². The molecule has 2 heterocycles. The third-order valence-electron chi connectivity index (χ3n) is 6.06. The van der Waals surface area contributed by atoms with Crippen molar-refractivity contribution >= 4 is 33.5 Å². The van der Waals surface area contributed by atoms with Gasteiger partial charge in [-0.05, 0) is 55.8 Å². The average molecular weight is 462 g/mol. The molecule has 166 valence electrons. The molecule has 0 fully saturated rings. The van der Waals surface area contributed by atoms with Gasteiger partial charge in [-0.15, -0.1) is 0 Å². The van der Waals surface area contributed by atoms with E-state index < -0.39 is 17.1 Å². The monoisotopic (exact) mass is 461 g/mol. The number of hydrogen-bond acceptors (Lipinski definition) is 2. The summed E-state index contributed by atoms with van der Waals surface area (Å²) in [4.78, 5) is 27.5. The number of aryl methyl sites for hydroxylation is 3. The Bertz CT molecular complexity index is 1680. The molecule has 2 aromatic heterocycles. The first-order valence-electron chi connectivity index (χ1n) is 10.5. The Morgan fingerprint density at radius 2 is 1.58 bits per heavy atom. The van der Waals surface area contributed by atoms with Crippen molar-refractivity contribution in [2.45, 2.75) is 20.4 Å². The highest BCUT2D eigenvalue weighted by atomic mass is 35.5. The lowest BCUT2D eigenvalue weighted by Crippen LogP contribution is -2.39. The third-order valence-corrected chi connectivity index (χ3v) is 6.41. The first kappa shape index (κ1) is 21.2. The molecule has 0 aliphatic rings. The summed E-state index contributed by atoms with van der Waals surface area (Å²) in [7, 11) is 1.82. The maximum absolute atomic E-state index is 13.8. The molecule has 0 bridgehead atoms. The maximum atomic E-state index is 13.8. The highest BCUT2D eigenvalue weighted by molar-refractivity contribution is 6.31. The number of fused-ring (bicyclic) bond motifs is 3. The van der Waals surface area contributed by atoms with Crippen molar-refractivity contribution in [3.63, 3.8) is 0 Å². The highest BCUT2D eigenvalue weighted by Gasteiger charge is 2.22. The van der Waals surface area contributed by atoms with E-state index in [-0.39, 0.29) is 11.6 Å². The van der Waals surface area contributed by atoms with Crippen LogP contribution in [-0.2, 0) is 13.6 Å². The quantitative estimate of drug-likeness (QED) is 0.375. The van der Waals surface area contributed by atoms with Crippen LogP contribution in [0.1, 0.15) is 16.7 Å². The molecule has 0 N–H and O–H groups in total. The van der Waals surface area contributed by atoms with Crippen LogP contribution in [0.4, 0.5) is 4.39 Å². The number of rotatable bonds is 3. The van der Waals surface area contributed by atoms with Crippen molar-refractivity contribution in [1.29, 1.82) is 0 Å². The maximum Gasteiger partial charge on any atom is 0.336 e. The van der Waals surface area contributed by atoms with Crippen molar-refractivity contribution in [3.05, 3.63) is 109 Å². The van der Waals surface area contributed by atoms with Gasteiger partial charge in [-0.3, -0.25) is 9.36 Å². The minimum absolute atomic E-state index is 0.0909. The number of benzene rings is 3. The van der Waals surface area contributed by atoms with Gasteiger partial charge >= 0.3 is 5.69 Å². The van der Waals surface area contributed by atoms with Crippen molar-refractivity contribution in [3.8, 4) is 5.69 Å². The van der Waals surface area contributed by atoms with Gasteiger partial charge in [-0.1, -0.05) is 47.0 Å². The zero-order valence-corrected chi connectivity index (χ0v) is 19.2. The fourth-order valence-electron chi connectivity index (χ4n) is 4.35. The first-order chi connectivity index (χ1) is 15.8. The van der Waals surface area contributed by atoms with Gasteiger partial charge in [0.15, 0.2) is 0 Å². The second-order valence-corrected chi connectivity index (χ2v) is 8.76. The van der Waals surface area contributed by atoms with Gasteiger partial charge in [0.1, 0.15) is 11.3 Å². The minimum Gasteiger partial charge on any atom is -0.338 e. The standard InChI is InChI=1S/C26H21ClFN3O2/c1-15-4-9-19(10-5-15)31-25(32)24-23(20-12-16(2)6-11-22(20)29(24)3)30(26(31)33)14-17-7-8-18(28)13-21(17)27/h4-13H,14H2,1-3H3. The molecule has 0 unspecified atom stereocenters. The molecule has 0 atom stereocenters. The van der Waals surface area contributed by atoms with E-state index in [2.05, 4.69) is 0 Å². The van der Waals surface area contributed by atoms with Crippen LogP contribution in [0.15, 0.2) is 70.3 Å². The smallest absolute Gasteiger partial charge is 0.336 e. The van der Waals surface area contributed by atoms with Crippen molar-refractivity contribution in [1.82, 2.24) is 13.7 Å². The van der Waals surface area contributed by atoms with Crippen LogP contribution >= 0.6 is 11.6 Å². The molecule has 0 saturated carbocycles. The number of nitrogens with zero attached hydrogens (tertiary/aromatic N) is 3. The summed E-state index contributed by atoms with van der Waals surface area (Å²) in [6, 6.07) is 17.2. The van der Waals surface area contributed by atoms with Gasteiger partial charge in [0.25, 0.3) is 5.56 Å². The zero-order chi connectivity index (χ0) is 23.4. The third kappa shape index (κ3) is 3.38. The topological polar surface area (TPSA) is 48.9 Å². The van der Waals surface area contributed by atoms with E-state index in [4.69, 9.17) is 11.6 Å². The Kier molecular flexibility index (Phi) is 4.98. The molecule has 3 aromatic carbocycles. The predicted molar refractivity (Wildman–Crippen MR) is 130 cm³/mol. The number of hydrogen-bond donors (Lipinski definition) is 0. The van der Waals surface area contributed by atoms with Gasteiger partial charge in [-0.25, -0.2) is 13.8 Å². The Morgan fingerprint density at radius 1 is 0.879 bits per heavy atom. The molecule has 5 rings (SSSR count). The van der Waals surface area contributed by atoms with E-state index in [1.165, 1.54) is 16.7 Å². The summed E-state index contributed by atoms with van der Waals surface area (Å²) >= 11 is 6.31. The number of halogens is 2. The van der Waals surface area contributed by atoms with E-state index in [0.717, 1.165) is 22.0 Å². The molecule has 7 heteroatoms. The van der Waals surface area contributed by atoms with Gasteiger partial charge < -0.3 is 4.57 Å². The van der Waals surface area contributed by atoms with Crippen LogP contribution in [-0.4, -0.2) is 13.7 Å². The molecule has 5 aromatic rings. The molecule has 0 amide bonds. The van der Waals surface area contributed by atoms with Crippen LogP contribution in [0.3, 0.4) is 0 Å². The zero-order valence-electron chi connectivity index (χ0n) is 18.4. The largest absolute Gasteiger partial charge is 0.338 e. The Morgan fingerprint density at radius 3 is 2.27 bits per heavy atom. The molecular weight excluding hydrogens is 441 g/mol. The molecular formula is C26H21ClFN3O2. The van der Waals surface area contributed by atoms with Gasteiger partial charge in [0.05, 0.1) is 23.3 Å². The van der Waals surface area contributed by atoms with Crippen molar-refractivity contribution in [2.75, 3.05) is 0 Å². The van der Waals surface area contributed by atoms with E-state index >= 15 is 0 Å². The van der Waals surface area contributed by atoms with Gasteiger partial charge in [0, 0.05) is 17.5 Å². The minimum atomic E-state index is -0.481. The second kappa shape index (κ2) is 7.74. The first-order valence-corrected chi connectivity index (χ1v) is 10.9. The molecule has 0 saturated heterocycles. The summed E-state index contributed by atoms with van der Waals surface area (Å²) in [5, 5.41) is 1.02. The van der Waals surface area contributed by atoms with Gasteiger partial charge in [-0.2, -0.15) is 0 Å². The van der Waals surface area contributed by atoms with Crippen LogP contribution in [0.2, 0.25) is 5.02 Å². The highest BCUT2D eigenvalue weighted by Crippen LogP contribution is 2.28. The lowest BCUT2D eigenvalue weighted by Gasteiger charge is -2.14. The van der Waals surface area contributed by atoms with Crippen LogP contribution in [0.25, 0.3) is 27.6 Å². The molecule has 0 spiro atoms. The predicted octanol–water partition coefficient (Wildman–Crippen LogP) is 5.10. The Hall–Kier alpha value is -3.64. The molecule has 0 radical (unpaired) electrons. The van der Waals surface area contributed by atoms with Crippen LogP contribution in [0.5, 0.6) is 0 Å². The van der Waals surface area contributed by atoms with Gasteiger partial charge in [0.2, 0.25) is 0 Å². The average Bonchev–Trinajstić information content (AvgIpc) is 3.06. The summed E-state index contributed by atoms with van der Waals surface area (Å²) in [5.74, 6) is -0.452. The summed E-state index contributed by atoms with van der Waals surface area (Å²) in [6.45, 7) is 4.00. The van der Waals surface area contributed by atoms with E-state index in [9.17, 15) is 14.0 Å². The van der Waals surface area contributed by atoms with E-state index in [1.54, 1.807) is 22.8 Å². The van der Waals surface area contributed by atoms with Crippen molar-refractivity contribution < 1.29 is 4.39 Å². The molecule has 5 nitrogen and oxygen atoms in total. The second-order valence-electron chi connectivity index (χ2n) is 8.36. The van der Waals surface area contributed by atoms with Crippen LogP contribution < -0.4 is 11.2 Å². The fraction of sp³-hybridized carbons (Fsp3) is 0.154. The van der Waals surface area contributed by atoms with Crippen molar-refractivity contribution in [2.24, 2.45) is 7.05 Å². The fourth-order valence-corrected chi connectivity index (χ4v) is 4.58. The SMILES string of the molecule is Cc1ccc(-n2c(=O)c3c(c4cc(C)ccc4n3C)n(Cc3ccc(F)cc3Cl)c2=O)cc1.